The molecule has 0 fully saturated rings. The van der Waals surface area contributed by atoms with Crippen molar-refractivity contribution < 1.29 is 9.84 Å². The fraction of sp³-hybridized carbons (Fsp3) is 0. The maximum absolute atomic E-state index is 9.21. The van der Waals surface area contributed by atoms with Crippen LogP contribution in [-0.2, 0) is 0 Å². The number of hydrogen-bond acceptors (Lipinski definition) is 6. The van der Waals surface area contributed by atoms with Gasteiger partial charge in [-0.05, 0) is 35.7 Å². The van der Waals surface area contributed by atoms with Crippen molar-refractivity contribution in [1.29, 1.82) is 0 Å². The van der Waals surface area contributed by atoms with E-state index in [0.717, 1.165) is 10.2 Å². The van der Waals surface area contributed by atoms with Gasteiger partial charge in [0.15, 0.2) is 0 Å². The highest BCUT2D eigenvalue weighted by Crippen LogP contribution is 2.32. The monoisotopic (exact) mass is 259 g/mol. The molecule has 18 heavy (non-hydrogen) atoms. The van der Waals surface area contributed by atoms with Gasteiger partial charge in [0, 0.05) is 0 Å². The minimum Gasteiger partial charge on any atom is -0.508 e. The Morgan fingerprint density at radius 2 is 1.89 bits per heavy atom. The zero-order valence-electron chi connectivity index (χ0n) is 9.20. The number of nitrogen functional groups attached to an aromatic ring is 1. The van der Waals surface area contributed by atoms with Crippen LogP contribution in [0.4, 0.5) is 5.95 Å². The van der Waals surface area contributed by atoms with Crippen LogP contribution in [0.3, 0.4) is 0 Å². The average Bonchev–Trinajstić information content (AvgIpc) is 2.80. The van der Waals surface area contributed by atoms with Gasteiger partial charge in [-0.3, -0.25) is 0 Å². The summed E-state index contributed by atoms with van der Waals surface area (Å²) in [6, 6.07) is 8.28. The van der Waals surface area contributed by atoms with Crippen LogP contribution in [0, 0.1) is 0 Å². The maximum atomic E-state index is 9.21. The second-order valence-corrected chi connectivity index (χ2v) is 4.53. The van der Waals surface area contributed by atoms with E-state index in [1.54, 1.807) is 24.3 Å². The molecular formula is C12H9N3O2S. The first-order chi connectivity index (χ1) is 8.72. The molecule has 0 saturated carbocycles. The van der Waals surface area contributed by atoms with Crippen LogP contribution in [-0.4, -0.2) is 15.1 Å². The van der Waals surface area contributed by atoms with Crippen LogP contribution in [0.5, 0.6) is 17.4 Å². The number of hydrogen-bond donors (Lipinski definition) is 2. The topological polar surface area (TPSA) is 81.3 Å². The second-order valence-electron chi connectivity index (χ2n) is 3.62. The number of fused-ring (bicyclic) bond motifs is 1. The van der Waals surface area contributed by atoms with Crippen molar-refractivity contribution in [1.82, 2.24) is 9.97 Å². The highest BCUT2D eigenvalue weighted by Gasteiger charge is 2.09. The van der Waals surface area contributed by atoms with E-state index in [1.807, 2.05) is 11.4 Å². The zero-order valence-corrected chi connectivity index (χ0v) is 10.0. The standard InChI is InChI=1S/C12H9N3O2S/c13-12-14-9-5-6-18-10(9)11(15-12)17-8-3-1-7(16)2-4-8/h1-6,16H,(H2,13,14,15). The molecule has 0 amide bonds. The third-order valence-electron chi connectivity index (χ3n) is 2.34. The SMILES string of the molecule is Nc1nc(Oc2ccc(O)cc2)c2sccc2n1. The van der Waals surface area contributed by atoms with E-state index in [9.17, 15) is 5.11 Å². The van der Waals surface area contributed by atoms with Crippen molar-refractivity contribution in [3.05, 3.63) is 35.7 Å². The number of phenolic OH excluding ortho intramolecular Hbond substituents is 1. The Morgan fingerprint density at radius 3 is 2.67 bits per heavy atom. The van der Waals surface area contributed by atoms with Crippen molar-refractivity contribution in [2.24, 2.45) is 0 Å². The fourth-order valence-electron chi connectivity index (χ4n) is 1.55. The Kier molecular flexibility index (Phi) is 2.49. The molecule has 5 nitrogen and oxygen atoms in total. The van der Waals surface area contributed by atoms with Gasteiger partial charge in [0.05, 0.1) is 5.52 Å². The predicted octanol–water partition coefficient (Wildman–Crippen LogP) is 2.77. The summed E-state index contributed by atoms with van der Waals surface area (Å²) < 4.78 is 6.50. The largest absolute Gasteiger partial charge is 0.508 e. The van der Waals surface area contributed by atoms with Crippen molar-refractivity contribution >= 4 is 27.5 Å². The Balaban J connectivity index is 2.03. The molecule has 0 aliphatic carbocycles. The normalized spacial score (nSPS) is 10.7. The Bertz CT molecular complexity index is 694. The molecule has 6 heteroatoms. The summed E-state index contributed by atoms with van der Waals surface area (Å²) in [5.74, 6) is 1.37. The number of aromatic nitrogens is 2. The Morgan fingerprint density at radius 1 is 1.11 bits per heavy atom. The van der Waals surface area contributed by atoms with E-state index in [1.165, 1.54) is 11.3 Å². The average molecular weight is 259 g/mol. The summed E-state index contributed by atoms with van der Waals surface area (Å²) in [6.45, 7) is 0. The molecule has 0 spiro atoms. The Labute approximate surface area is 106 Å². The van der Waals surface area contributed by atoms with E-state index >= 15 is 0 Å². The molecule has 3 N–H and O–H groups in total. The number of anilines is 1. The molecule has 1 aromatic carbocycles. The van der Waals surface area contributed by atoms with E-state index < -0.39 is 0 Å². The lowest BCUT2D eigenvalue weighted by Crippen LogP contribution is -1.97. The van der Waals surface area contributed by atoms with Crippen LogP contribution < -0.4 is 10.5 Å². The lowest BCUT2D eigenvalue weighted by atomic mass is 10.3. The van der Waals surface area contributed by atoms with Crippen LogP contribution in [0.2, 0.25) is 0 Å². The first-order valence-electron chi connectivity index (χ1n) is 5.20. The van der Waals surface area contributed by atoms with Gasteiger partial charge in [-0.2, -0.15) is 4.98 Å². The van der Waals surface area contributed by atoms with E-state index in [2.05, 4.69) is 9.97 Å². The van der Waals surface area contributed by atoms with E-state index in [0.29, 0.717) is 11.6 Å². The molecule has 0 saturated heterocycles. The number of benzene rings is 1. The molecular weight excluding hydrogens is 250 g/mol. The predicted molar refractivity (Wildman–Crippen MR) is 70.0 cm³/mol. The summed E-state index contributed by atoms with van der Waals surface area (Å²) in [4.78, 5) is 8.19. The van der Waals surface area contributed by atoms with Gasteiger partial charge in [0.1, 0.15) is 16.2 Å². The molecule has 3 rings (SSSR count). The summed E-state index contributed by atoms with van der Waals surface area (Å²) in [6.07, 6.45) is 0. The van der Waals surface area contributed by atoms with Gasteiger partial charge in [-0.1, -0.05) is 0 Å². The smallest absolute Gasteiger partial charge is 0.242 e. The van der Waals surface area contributed by atoms with Gasteiger partial charge in [0.2, 0.25) is 11.8 Å². The van der Waals surface area contributed by atoms with Gasteiger partial charge in [-0.25, -0.2) is 4.98 Å². The third kappa shape index (κ3) is 1.93. The molecule has 0 aliphatic rings. The summed E-state index contributed by atoms with van der Waals surface area (Å²) >= 11 is 1.49. The molecule has 0 radical (unpaired) electrons. The third-order valence-corrected chi connectivity index (χ3v) is 3.23. The van der Waals surface area contributed by atoms with Crippen LogP contribution in [0.25, 0.3) is 10.2 Å². The zero-order chi connectivity index (χ0) is 12.5. The first kappa shape index (κ1) is 10.8. The summed E-state index contributed by atoms with van der Waals surface area (Å²) in [5, 5.41) is 11.1. The molecule has 0 unspecified atom stereocenters. The van der Waals surface area contributed by atoms with Gasteiger partial charge in [0.25, 0.3) is 0 Å². The highest BCUT2D eigenvalue weighted by atomic mass is 32.1. The van der Waals surface area contributed by atoms with E-state index in [-0.39, 0.29) is 11.7 Å². The summed E-state index contributed by atoms with van der Waals surface area (Å²) in [7, 11) is 0. The van der Waals surface area contributed by atoms with Crippen LogP contribution in [0.15, 0.2) is 35.7 Å². The van der Waals surface area contributed by atoms with Gasteiger partial charge < -0.3 is 15.6 Å². The number of rotatable bonds is 2. The molecule has 0 bridgehead atoms. The van der Waals surface area contributed by atoms with Crippen LogP contribution >= 0.6 is 11.3 Å². The number of phenols is 1. The number of nitrogens with zero attached hydrogens (tertiary/aromatic N) is 2. The second kappa shape index (κ2) is 4.15. The molecule has 0 atom stereocenters. The molecule has 90 valence electrons. The minimum atomic E-state index is 0.176. The Hall–Kier alpha value is -2.34. The summed E-state index contributed by atoms with van der Waals surface area (Å²) in [5.41, 5.74) is 6.39. The number of ether oxygens (including phenoxy) is 1. The quantitative estimate of drug-likeness (QED) is 0.739. The van der Waals surface area contributed by atoms with Crippen molar-refractivity contribution in [2.75, 3.05) is 5.73 Å². The number of aromatic hydroxyl groups is 1. The number of nitrogens with two attached hydrogens (primary N) is 1. The molecule has 2 heterocycles. The van der Waals surface area contributed by atoms with Crippen molar-refractivity contribution in [3.63, 3.8) is 0 Å². The lowest BCUT2D eigenvalue weighted by molar-refractivity contribution is 0.458. The van der Waals surface area contributed by atoms with Crippen LogP contribution in [0.1, 0.15) is 0 Å². The number of thiophene rings is 1. The van der Waals surface area contributed by atoms with E-state index in [4.69, 9.17) is 10.5 Å². The first-order valence-corrected chi connectivity index (χ1v) is 6.08. The maximum Gasteiger partial charge on any atom is 0.242 e. The van der Waals surface area contributed by atoms with Gasteiger partial charge >= 0.3 is 0 Å². The molecule has 0 aliphatic heterocycles. The molecule has 3 aromatic rings. The lowest BCUT2D eigenvalue weighted by Gasteiger charge is -2.06. The highest BCUT2D eigenvalue weighted by molar-refractivity contribution is 7.17. The van der Waals surface area contributed by atoms with Gasteiger partial charge in [-0.15, -0.1) is 11.3 Å². The van der Waals surface area contributed by atoms with Crippen molar-refractivity contribution in [2.45, 2.75) is 0 Å². The fourth-order valence-corrected chi connectivity index (χ4v) is 2.30. The molecule has 2 aromatic heterocycles. The van der Waals surface area contributed by atoms with Crippen molar-refractivity contribution in [3.8, 4) is 17.4 Å². The minimum absolute atomic E-state index is 0.176.